The van der Waals surface area contributed by atoms with Gasteiger partial charge >= 0.3 is 12.0 Å². The fraction of sp³-hybridized carbons (Fsp3) is 0.286. The largest absolute Gasteiger partial charge is 0.466 e. The summed E-state index contributed by atoms with van der Waals surface area (Å²) in [7, 11) is 2.57. The third kappa shape index (κ3) is 4.56. The Kier molecular flexibility index (Phi) is 8.66. The van der Waals surface area contributed by atoms with E-state index in [1.807, 2.05) is 0 Å². The molecule has 0 saturated heterocycles. The molecule has 134 valence electrons. The second kappa shape index (κ2) is 9.41. The van der Waals surface area contributed by atoms with E-state index in [1.165, 1.54) is 20.3 Å². The van der Waals surface area contributed by atoms with Crippen LogP contribution in [0.15, 0.2) is 29.5 Å². The van der Waals surface area contributed by atoms with Gasteiger partial charge < -0.3 is 20.1 Å². The Labute approximate surface area is 149 Å². The molecule has 1 aliphatic rings. The molecule has 2 N–H and O–H groups in total. The molecule has 2 rings (SSSR count). The van der Waals surface area contributed by atoms with Gasteiger partial charge in [-0.2, -0.15) is 0 Å². The maximum Gasteiger partial charge on any atom is 0.338 e. The molecule has 0 aromatic heterocycles. The van der Waals surface area contributed by atoms with Crippen LogP contribution in [0.1, 0.15) is 11.6 Å². The molecule has 10 heteroatoms. The Morgan fingerprint density at radius 3 is 2.42 bits per heavy atom. The molecule has 6 nitrogen and oxygen atoms in total. The number of rotatable bonds is 4. The summed E-state index contributed by atoms with van der Waals surface area (Å²) in [6.45, 7) is -0.0436. The molecule has 0 bridgehead atoms. The SMILES string of the molecule is COCC1=C(C(=O)OC)C(c2ccc(F)c(F)c2)NC(=O)N1.Cl.Cl. The second-order valence-electron chi connectivity index (χ2n) is 4.52. The molecule has 1 aliphatic heterocycles. The van der Waals surface area contributed by atoms with Crippen LogP contribution in [0.4, 0.5) is 13.6 Å². The van der Waals surface area contributed by atoms with Gasteiger partial charge in [0.1, 0.15) is 0 Å². The maximum absolute atomic E-state index is 13.4. The molecule has 0 aliphatic carbocycles. The van der Waals surface area contributed by atoms with Crippen molar-refractivity contribution in [1.82, 2.24) is 10.6 Å². The van der Waals surface area contributed by atoms with Crippen LogP contribution in [0.5, 0.6) is 0 Å². The lowest BCUT2D eigenvalue weighted by molar-refractivity contribution is -0.136. The first-order valence-electron chi connectivity index (χ1n) is 6.30. The lowest BCUT2D eigenvalue weighted by Gasteiger charge is -2.28. The van der Waals surface area contributed by atoms with Crippen LogP contribution in [0.3, 0.4) is 0 Å². The van der Waals surface area contributed by atoms with Crippen molar-refractivity contribution in [2.45, 2.75) is 6.04 Å². The average Bonchev–Trinajstić information content (AvgIpc) is 2.49. The van der Waals surface area contributed by atoms with E-state index in [2.05, 4.69) is 10.6 Å². The van der Waals surface area contributed by atoms with Crippen molar-refractivity contribution in [2.75, 3.05) is 20.8 Å². The highest BCUT2D eigenvalue weighted by Crippen LogP contribution is 2.28. The minimum Gasteiger partial charge on any atom is -0.466 e. The molecule has 1 heterocycles. The Bertz CT molecular complexity index is 656. The first-order chi connectivity index (χ1) is 10.5. The van der Waals surface area contributed by atoms with Gasteiger partial charge in [-0.15, -0.1) is 24.8 Å². The monoisotopic (exact) mass is 384 g/mol. The van der Waals surface area contributed by atoms with Gasteiger partial charge in [-0.05, 0) is 17.7 Å². The Hall–Kier alpha value is -1.90. The van der Waals surface area contributed by atoms with E-state index in [9.17, 15) is 18.4 Å². The van der Waals surface area contributed by atoms with Crippen LogP contribution in [0.2, 0.25) is 0 Å². The normalized spacial score (nSPS) is 16.3. The zero-order valence-electron chi connectivity index (χ0n) is 12.7. The van der Waals surface area contributed by atoms with Crippen molar-refractivity contribution >= 4 is 36.8 Å². The van der Waals surface area contributed by atoms with E-state index in [0.29, 0.717) is 0 Å². The standard InChI is InChI=1S/C14H14F2N2O4.2ClH/c1-21-6-10-11(13(19)22-2)12(18-14(20)17-10)7-3-4-8(15)9(16)5-7;;/h3-5,12H,6H2,1-2H3,(H2,17,18,20);2*1H. The van der Waals surface area contributed by atoms with Crippen LogP contribution in [-0.4, -0.2) is 32.8 Å². The Morgan fingerprint density at radius 1 is 1.21 bits per heavy atom. The quantitative estimate of drug-likeness (QED) is 0.780. The number of hydrogen-bond acceptors (Lipinski definition) is 4. The van der Waals surface area contributed by atoms with Crippen molar-refractivity contribution in [3.8, 4) is 0 Å². The maximum atomic E-state index is 13.4. The first kappa shape index (κ1) is 22.1. The average molecular weight is 385 g/mol. The number of amides is 2. The van der Waals surface area contributed by atoms with Crippen molar-refractivity contribution in [2.24, 2.45) is 0 Å². The minimum absolute atomic E-state index is 0. The predicted octanol–water partition coefficient (Wildman–Crippen LogP) is 2.24. The van der Waals surface area contributed by atoms with Crippen LogP contribution < -0.4 is 10.6 Å². The van der Waals surface area contributed by atoms with Gasteiger partial charge in [0.05, 0.1) is 31.0 Å². The van der Waals surface area contributed by atoms with E-state index in [0.717, 1.165) is 12.1 Å². The van der Waals surface area contributed by atoms with Crippen molar-refractivity contribution in [3.63, 3.8) is 0 Å². The van der Waals surface area contributed by atoms with Gasteiger partial charge in [-0.3, -0.25) is 0 Å². The summed E-state index contributed by atoms with van der Waals surface area (Å²) < 4.78 is 36.1. The number of benzene rings is 1. The Morgan fingerprint density at radius 2 is 1.88 bits per heavy atom. The van der Waals surface area contributed by atoms with E-state index >= 15 is 0 Å². The second-order valence-corrected chi connectivity index (χ2v) is 4.52. The highest BCUT2D eigenvalue weighted by molar-refractivity contribution is 5.95. The van der Waals surface area contributed by atoms with E-state index in [4.69, 9.17) is 9.47 Å². The summed E-state index contributed by atoms with van der Waals surface area (Å²) >= 11 is 0. The molecule has 1 aromatic carbocycles. The van der Waals surface area contributed by atoms with E-state index < -0.39 is 29.7 Å². The Balaban J connectivity index is 0.00000264. The van der Waals surface area contributed by atoms with Crippen molar-refractivity contribution in [3.05, 3.63) is 46.7 Å². The molecule has 0 fully saturated rings. The van der Waals surface area contributed by atoms with Crippen LogP contribution in [0, 0.1) is 11.6 Å². The third-order valence-electron chi connectivity index (χ3n) is 3.12. The molecule has 0 spiro atoms. The van der Waals surface area contributed by atoms with Crippen molar-refractivity contribution in [1.29, 1.82) is 0 Å². The fourth-order valence-electron chi connectivity index (χ4n) is 2.17. The summed E-state index contributed by atoms with van der Waals surface area (Å²) in [6, 6.07) is 1.56. The summed E-state index contributed by atoms with van der Waals surface area (Å²) in [6.07, 6.45) is 0. The number of carbonyl (C=O) groups excluding carboxylic acids is 2. The smallest absolute Gasteiger partial charge is 0.338 e. The van der Waals surface area contributed by atoms with Gasteiger partial charge in [0.25, 0.3) is 0 Å². The van der Waals surface area contributed by atoms with Crippen LogP contribution >= 0.6 is 24.8 Å². The van der Waals surface area contributed by atoms with Gasteiger partial charge in [-0.1, -0.05) is 6.07 Å². The molecule has 1 atom stereocenters. The lowest BCUT2D eigenvalue weighted by Crippen LogP contribution is -2.46. The summed E-state index contributed by atoms with van der Waals surface area (Å²) in [5.41, 5.74) is 0.477. The third-order valence-corrected chi connectivity index (χ3v) is 3.12. The topological polar surface area (TPSA) is 76.7 Å². The number of carbonyl (C=O) groups is 2. The number of halogens is 4. The molecule has 0 saturated carbocycles. The minimum atomic E-state index is -1.08. The number of ether oxygens (including phenoxy) is 2. The number of nitrogens with one attached hydrogen (secondary N) is 2. The zero-order chi connectivity index (χ0) is 16.3. The summed E-state index contributed by atoms with van der Waals surface area (Å²) in [4.78, 5) is 23.7. The highest BCUT2D eigenvalue weighted by Gasteiger charge is 2.33. The number of esters is 1. The van der Waals surface area contributed by atoms with E-state index in [-0.39, 0.29) is 48.3 Å². The molecule has 1 unspecified atom stereocenters. The van der Waals surface area contributed by atoms with Gasteiger partial charge in [0.15, 0.2) is 11.6 Å². The van der Waals surface area contributed by atoms with Crippen molar-refractivity contribution < 1.29 is 27.8 Å². The van der Waals surface area contributed by atoms with Gasteiger partial charge in [0.2, 0.25) is 0 Å². The zero-order valence-corrected chi connectivity index (χ0v) is 14.4. The molecule has 24 heavy (non-hydrogen) atoms. The molecule has 2 amide bonds. The number of urea groups is 1. The fourth-order valence-corrected chi connectivity index (χ4v) is 2.17. The van der Waals surface area contributed by atoms with Crippen LogP contribution in [-0.2, 0) is 14.3 Å². The predicted molar refractivity (Wildman–Crippen MR) is 86.2 cm³/mol. The lowest BCUT2D eigenvalue weighted by atomic mass is 9.95. The summed E-state index contributed by atoms with van der Waals surface area (Å²) in [5, 5.41) is 4.92. The van der Waals surface area contributed by atoms with Crippen LogP contribution in [0.25, 0.3) is 0 Å². The first-order valence-corrected chi connectivity index (χ1v) is 6.30. The number of methoxy groups -OCH3 is 2. The van der Waals surface area contributed by atoms with Gasteiger partial charge in [0, 0.05) is 7.11 Å². The van der Waals surface area contributed by atoms with Gasteiger partial charge in [-0.25, -0.2) is 18.4 Å². The molecular weight excluding hydrogens is 369 g/mol. The molecule has 0 radical (unpaired) electrons. The number of hydrogen-bond donors (Lipinski definition) is 2. The summed E-state index contributed by atoms with van der Waals surface area (Å²) in [5.74, 6) is -2.82. The van der Waals surface area contributed by atoms with E-state index in [1.54, 1.807) is 0 Å². The molecular formula is C14H16Cl2F2N2O4. The highest BCUT2D eigenvalue weighted by atomic mass is 35.5. The molecule has 1 aromatic rings.